The van der Waals surface area contributed by atoms with Crippen LogP contribution in [0.4, 0.5) is 0 Å². The molecule has 0 amide bonds. The Kier molecular flexibility index (Phi) is 55.1. The van der Waals surface area contributed by atoms with Crippen molar-refractivity contribution < 1.29 is 42.9 Å². The number of ether oxygens (including phenoxy) is 4. The number of esters is 2. The van der Waals surface area contributed by atoms with Crippen LogP contribution in [0.2, 0.25) is 0 Å². The number of quaternary nitrogens is 1. The molecule has 0 radical (unpaired) electrons. The van der Waals surface area contributed by atoms with Crippen LogP contribution in [0.3, 0.4) is 0 Å². The van der Waals surface area contributed by atoms with E-state index in [9.17, 15) is 19.5 Å². The molecule has 2 unspecified atom stereocenters. The fourth-order valence-corrected chi connectivity index (χ4v) is 8.24. The van der Waals surface area contributed by atoms with E-state index in [-0.39, 0.29) is 38.6 Å². The van der Waals surface area contributed by atoms with Gasteiger partial charge in [0.1, 0.15) is 13.2 Å². The van der Waals surface area contributed by atoms with Gasteiger partial charge >= 0.3 is 11.9 Å². The molecule has 0 aliphatic rings. The maximum absolute atomic E-state index is 12.8. The molecule has 0 heterocycles. The third-order valence-corrected chi connectivity index (χ3v) is 13.0. The largest absolute Gasteiger partial charge is 0.545 e. The number of allylic oxidation sites excluding steroid dienone is 18. The van der Waals surface area contributed by atoms with Crippen molar-refractivity contribution in [2.45, 2.75) is 257 Å². The van der Waals surface area contributed by atoms with Crippen LogP contribution >= 0.6 is 0 Å². The molecule has 0 aromatic carbocycles. The van der Waals surface area contributed by atoms with E-state index in [2.05, 4.69) is 123 Å². The summed E-state index contributed by atoms with van der Waals surface area (Å²) >= 11 is 0. The van der Waals surface area contributed by atoms with Crippen LogP contribution < -0.4 is 5.11 Å². The molecule has 0 bridgehead atoms. The molecule has 440 valence electrons. The molecular formula is C68H115NO8. The number of hydrogen-bond donors (Lipinski definition) is 0. The van der Waals surface area contributed by atoms with E-state index in [1.54, 1.807) is 0 Å². The van der Waals surface area contributed by atoms with Gasteiger partial charge in [0.2, 0.25) is 0 Å². The highest BCUT2D eigenvalue weighted by Gasteiger charge is 2.22. The number of rotatable bonds is 56. The Hall–Kier alpha value is -4.05. The van der Waals surface area contributed by atoms with Gasteiger partial charge in [0.25, 0.3) is 0 Å². The fourth-order valence-electron chi connectivity index (χ4n) is 8.24. The van der Waals surface area contributed by atoms with Gasteiger partial charge in [-0.25, -0.2) is 0 Å². The minimum Gasteiger partial charge on any atom is -0.545 e. The molecule has 0 aliphatic heterocycles. The van der Waals surface area contributed by atoms with Crippen molar-refractivity contribution in [1.29, 1.82) is 0 Å². The first-order chi connectivity index (χ1) is 37.6. The van der Waals surface area contributed by atoms with Crippen LogP contribution in [0.15, 0.2) is 109 Å². The highest BCUT2D eigenvalue weighted by molar-refractivity contribution is 5.70. The van der Waals surface area contributed by atoms with Crippen molar-refractivity contribution in [3.05, 3.63) is 109 Å². The lowest BCUT2D eigenvalue weighted by Gasteiger charge is -2.26. The van der Waals surface area contributed by atoms with Gasteiger partial charge in [-0.05, 0) is 96.3 Å². The van der Waals surface area contributed by atoms with Crippen LogP contribution in [0.25, 0.3) is 0 Å². The molecule has 9 heteroatoms. The van der Waals surface area contributed by atoms with Crippen molar-refractivity contribution in [2.75, 3.05) is 47.5 Å². The normalized spacial score (nSPS) is 13.5. The average Bonchev–Trinajstić information content (AvgIpc) is 3.40. The fraction of sp³-hybridized carbons (Fsp3) is 0.691. The highest BCUT2D eigenvalue weighted by atomic mass is 16.7. The van der Waals surface area contributed by atoms with Crippen LogP contribution in [-0.2, 0) is 33.3 Å². The molecule has 0 fully saturated rings. The second-order valence-electron chi connectivity index (χ2n) is 21.6. The number of hydrogen-bond acceptors (Lipinski definition) is 8. The summed E-state index contributed by atoms with van der Waals surface area (Å²) in [4.78, 5) is 37.2. The molecule has 0 spiro atoms. The Morgan fingerprint density at radius 1 is 0.403 bits per heavy atom. The molecule has 0 rings (SSSR count). The molecule has 0 aromatic rings. The van der Waals surface area contributed by atoms with E-state index in [4.69, 9.17) is 18.9 Å². The molecular weight excluding hydrogens is 959 g/mol. The van der Waals surface area contributed by atoms with Crippen LogP contribution in [0.1, 0.15) is 245 Å². The highest BCUT2D eigenvalue weighted by Crippen LogP contribution is 2.16. The number of nitrogens with zero attached hydrogens (tertiary/aromatic N) is 1. The second-order valence-corrected chi connectivity index (χ2v) is 21.6. The molecule has 0 aliphatic carbocycles. The maximum atomic E-state index is 12.8. The van der Waals surface area contributed by atoms with Crippen LogP contribution in [-0.4, -0.2) is 82.3 Å². The first-order valence-electron chi connectivity index (χ1n) is 31.0. The Labute approximate surface area is 473 Å². The summed E-state index contributed by atoms with van der Waals surface area (Å²) in [6.45, 7) is 4.58. The SMILES string of the molecule is CC/C=C\C/C=C\C/C=C\C/C=C\C/C=C\C/C=C\C/C=C\C/C=C\CCCCCCCCCCCCCCCCCCC(=O)OC(COC(=O)CCCCCCC/C=C\CCCC)COC(OCC[N+](C)(C)C)C(=O)[O-]. The topological polar surface area (TPSA) is 111 Å². The predicted molar refractivity (Wildman–Crippen MR) is 324 cm³/mol. The van der Waals surface area contributed by atoms with Gasteiger partial charge in [-0.2, -0.15) is 0 Å². The Morgan fingerprint density at radius 2 is 0.740 bits per heavy atom. The zero-order valence-electron chi connectivity index (χ0n) is 50.0. The number of likely N-dealkylation sites (N-methyl/N-ethyl adjacent to an activating group) is 1. The summed E-state index contributed by atoms with van der Waals surface area (Å²) in [6, 6.07) is 0. The molecule has 0 saturated carbocycles. The average molecular weight is 1070 g/mol. The molecule has 9 nitrogen and oxygen atoms in total. The Bertz CT molecular complexity index is 1630. The Balaban J connectivity index is 4.00. The second kappa shape index (κ2) is 58.1. The van der Waals surface area contributed by atoms with Crippen molar-refractivity contribution >= 4 is 17.9 Å². The molecule has 77 heavy (non-hydrogen) atoms. The third-order valence-electron chi connectivity index (χ3n) is 13.0. The summed E-state index contributed by atoms with van der Waals surface area (Å²) in [5.74, 6) is -2.30. The first kappa shape index (κ1) is 73.0. The lowest BCUT2D eigenvalue weighted by atomic mass is 10.0. The number of carboxylic acids is 1. The van der Waals surface area contributed by atoms with Crippen molar-refractivity contribution in [1.82, 2.24) is 0 Å². The van der Waals surface area contributed by atoms with Crippen LogP contribution in [0.5, 0.6) is 0 Å². The third kappa shape index (κ3) is 59.5. The summed E-state index contributed by atoms with van der Waals surface area (Å²) in [7, 11) is 5.91. The number of unbranched alkanes of at least 4 members (excludes halogenated alkanes) is 23. The first-order valence-corrected chi connectivity index (χ1v) is 31.0. The lowest BCUT2D eigenvalue weighted by molar-refractivity contribution is -0.870. The van der Waals surface area contributed by atoms with Gasteiger partial charge < -0.3 is 33.3 Å². The van der Waals surface area contributed by atoms with E-state index in [1.165, 1.54) is 96.3 Å². The van der Waals surface area contributed by atoms with Crippen molar-refractivity contribution in [2.24, 2.45) is 0 Å². The van der Waals surface area contributed by atoms with Gasteiger partial charge in [0, 0.05) is 12.8 Å². The van der Waals surface area contributed by atoms with Gasteiger partial charge in [-0.3, -0.25) is 9.59 Å². The van der Waals surface area contributed by atoms with E-state index in [0.717, 1.165) is 116 Å². The minimum atomic E-state index is -1.62. The molecule has 0 saturated heterocycles. The van der Waals surface area contributed by atoms with E-state index in [0.29, 0.717) is 17.4 Å². The smallest absolute Gasteiger partial charge is 0.306 e. The molecule has 2 atom stereocenters. The summed E-state index contributed by atoms with van der Waals surface area (Å²) in [5.41, 5.74) is 0. The number of carbonyl (C=O) groups is 3. The van der Waals surface area contributed by atoms with Gasteiger partial charge in [-0.15, -0.1) is 0 Å². The van der Waals surface area contributed by atoms with E-state index < -0.39 is 24.3 Å². The lowest BCUT2D eigenvalue weighted by Crippen LogP contribution is -2.44. The Morgan fingerprint density at radius 3 is 1.12 bits per heavy atom. The van der Waals surface area contributed by atoms with E-state index >= 15 is 0 Å². The predicted octanol–water partition coefficient (Wildman–Crippen LogP) is 17.3. The standard InChI is InChI=1S/C68H115NO8/c1-6-8-10-12-14-16-18-19-20-21-22-23-24-25-26-27-28-29-30-31-32-33-34-35-36-37-38-39-40-41-42-43-44-45-46-47-49-51-53-55-57-59-66(71)77-64(63-76-68(67(72)73)74-61-60-69(3,4)5)62-75-65(70)58-56-54-52-50-48-17-15-13-11-9-7-2/h8,10,13-16,19-20,22-23,25-26,28-29,31-32,34-35,64,68H,6-7,9,11-12,17-18,21,24,27,30,33,36-63H2,1-5H3/b10-8-,15-13-,16-14-,20-19-,23-22-,26-25-,29-28-,32-31-,35-34-. The minimum absolute atomic E-state index is 0.144. The zero-order valence-corrected chi connectivity index (χ0v) is 50.0. The molecule has 0 aromatic heterocycles. The maximum Gasteiger partial charge on any atom is 0.306 e. The zero-order chi connectivity index (χ0) is 56.2. The van der Waals surface area contributed by atoms with Gasteiger partial charge in [-0.1, -0.05) is 245 Å². The van der Waals surface area contributed by atoms with Crippen molar-refractivity contribution in [3.8, 4) is 0 Å². The monoisotopic (exact) mass is 1070 g/mol. The van der Waals surface area contributed by atoms with Gasteiger partial charge in [0.05, 0.1) is 40.3 Å². The number of aliphatic carboxylic acids is 1. The van der Waals surface area contributed by atoms with Crippen molar-refractivity contribution in [3.63, 3.8) is 0 Å². The summed E-state index contributed by atoms with van der Waals surface area (Å²) < 4.78 is 22.6. The molecule has 0 N–H and O–H groups in total. The van der Waals surface area contributed by atoms with Gasteiger partial charge in [0.15, 0.2) is 12.4 Å². The number of carbonyl (C=O) groups excluding carboxylic acids is 3. The van der Waals surface area contributed by atoms with E-state index in [1.807, 2.05) is 21.1 Å². The van der Waals surface area contributed by atoms with Crippen LogP contribution in [0, 0.1) is 0 Å². The number of carboxylic acid groups (broad SMARTS) is 1. The summed E-state index contributed by atoms with van der Waals surface area (Å²) in [5, 5.41) is 11.7. The quantitative estimate of drug-likeness (QED) is 0.0195. The summed E-state index contributed by atoms with van der Waals surface area (Å²) in [6.07, 6.45) is 77.4.